The maximum atomic E-state index is 12.8. The van der Waals surface area contributed by atoms with Gasteiger partial charge in [-0.25, -0.2) is 4.79 Å². The summed E-state index contributed by atoms with van der Waals surface area (Å²) in [6.45, 7) is 2.29. The molecule has 1 atom stereocenters. The molecule has 8 nitrogen and oxygen atoms in total. The summed E-state index contributed by atoms with van der Waals surface area (Å²) in [4.78, 5) is 40.7. The summed E-state index contributed by atoms with van der Waals surface area (Å²) >= 11 is 0. The molecule has 8 heteroatoms. The largest absolute Gasteiger partial charge is 0.336 e. The number of amides is 3. The second-order valence-electron chi connectivity index (χ2n) is 6.42. The summed E-state index contributed by atoms with van der Waals surface area (Å²) in [7, 11) is 0. The van der Waals surface area contributed by atoms with Crippen LogP contribution in [0, 0.1) is 0 Å². The van der Waals surface area contributed by atoms with Gasteiger partial charge in [-0.1, -0.05) is 12.1 Å². The molecule has 0 saturated carbocycles. The van der Waals surface area contributed by atoms with Gasteiger partial charge in [0, 0.05) is 31.6 Å². The number of carbonyl (C=O) groups excluding carboxylic acids is 2. The van der Waals surface area contributed by atoms with Crippen LogP contribution < -0.4 is 10.7 Å². The Morgan fingerprint density at radius 1 is 1.20 bits per heavy atom. The number of hydrogen-bond acceptors (Lipinski definition) is 4. The van der Waals surface area contributed by atoms with Crippen molar-refractivity contribution in [1.82, 2.24) is 25.3 Å². The number of nitrogens with zero attached hydrogens (tertiary/aromatic N) is 3. The highest BCUT2D eigenvalue weighted by Crippen LogP contribution is 2.19. The maximum Gasteiger partial charge on any atom is 0.317 e. The number of likely N-dealkylation sites (tertiary alicyclic amines) is 1. The fourth-order valence-electron chi connectivity index (χ4n) is 3.60. The molecule has 2 N–H and O–H groups in total. The van der Waals surface area contributed by atoms with E-state index in [1.54, 1.807) is 34.1 Å². The average Bonchev–Trinajstić information content (AvgIpc) is 3.08. The van der Waals surface area contributed by atoms with Crippen LogP contribution in [0.2, 0.25) is 0 Å². The van der Waals surface area contributed by atoms with Gasteiger partial charge in [-0.3, -0.25) is 14.7 Å². The molecule has 2 aliphatic heterocycles. The number of carbonyl (C=O) groups is 2. The summed E-state index contributed by atoms with van der Waals surface area (Å²) in [5, 5.41) is 10.0. The van der Waals surface area contributed by atoms with E-state index < -0.39 is 0 Å². The number of nitrogens with one attached hydrogen (secondary N) is 2. The lowest BCUT2D eigenvalue weighted by Gasteiger charge is -2.36. The van der Waals surface area contributed by atoms with Crippen molar-refractivity contribution in [3.05, 3.63) is 40.2 Å². The Hall–Kier alpha value is -2.90. The van der Waals surface area contributed by atoms with Crippen molar-refractivity contribution in [2.45, 2.75) is 18.9 Å². The van der Waals surface area contributed by atoms with Crippen molar-refractivity contribution in [2.75, 3.05) is 26.2 Å². The van der Waals surface area contributed by atoms with Crippen LogP contribution in [-0.2, 0) is 0 Å². The number of H-pyrrole nitrogens is 1. The monoisotopic (exact) mass is 341 g/mol. The lowest BCUT2D eigenvalue weighted by Crippen LogP contribution is -2.51. The standard InChI is InChI=1S/C17H19N5O3/c23-15-12-5-1-2-6-13(12)19-20-14(15)16(24)21-8-3-4-11(10-21)22-9-7-18-17(22)25/h1-2,5-6,11H,3-4,7-10H2,(H,18,25)(H,19,23). The van der Waals surface area contributed by atoms with E-state index in [1.165, 1.54) is 0 Å². The smallest absolute Gasteiger partial charge is 0.317 e. The number of fused-ring (bicyclic) bond motifs is 1. The van der Waals surface area contributed by atoms with Gasteiger partial charge in [0.25, 0.3) is 5.91 Å². The second-order valence-corrected chi connectivity index (χ2v) is 6.42. The van der Waals surface area contributed by atoms with Crippen molar-refractivity contribution < 1.29 is 9.59 Å². The van der Waals surface area contributed by atoms with Crippen LogP contribution in [-0.4, -0.2) is 64.2 Å². The molecular weight excluding hydrogens is 322 g/mol. The second kappa shape index (κ2) is 6.19. The Bertz CT molecular complexity index is 893. The summed E-state index contributed by atoms with van der Waals surface area (Å²) in [6, 6.07) is 6.90. The lowest BCUT2D eigenvalue weighted by atomic mass is 10.0. The van der Waals surface area contributed by atoms with Crippen molar-refractivity contribution in [1.29, 1.82) is 0 Å². The molecule has 2 fully saturated rings. The molecule has 1 aromatic heterocycles. The van der Waals surface area contributed by atoms with Crippen molar-refractivity contribution >= 4 is 22.8 Å². The fraction of sp³-hybridized carbons (Fsp3) is 0.412. The number of benzene rings is 1. The summed E-state index contributed by atoms with van der Waals surface area (Å²) in [6.07, 6.45) is 1.66. The molecule has 2 aliphatic rings. The molecule has 1 aromatic carbocycles. The molecule has 130 valence electrons. The first-order valence-electron chi connectivity index (χ1n) is 8.46. The van der Waals surface area contributed by atoms with E-state index in [9.17, 15) is 14.4 Å². The Morgan fingerprint density at radius 3 is 2.84 bits per heavy atom. The van der Waals surface area contributed by atoms with E-state index in [-0.39, 0.29) is 29.1 Å². The SMILES string of the molecule is O=C(c1n[nH]c2ccccc2c1=O)N1CCCC(N2CCNC2=O)C1. The van der Waals surface area contributed by atoms with Crippen molar-refractivity contribution in [3.8, 4) is 0 Å². The van der Waals surface area contributed by atoms with Crippen LogP contribution in [0.4, 0.5) is 4.79 Å². The third-order valence-corrected chi connectivity index (χ3v) is 4.89. The average molecular weight is 341 g/mol. The molecular formula is C17H19N5O3. The van der Waals surface area contributed by atoms with E-state index in [1.807, 2.05) is 0 Å². The number of hydrogen-bond donors (Lipinski definition) is 2. The van der Waals surface area contributed by atoms with Crippen LogP contribution in [0.5, 0.6) is 0 Å². The number of para-hydroxylation sites is 1. The first-order chi connectivity index (χ1) is 12.1. The van der Waals surface area contributed by atoms with Crippen LogP contribution >= 0.6 is 0 Å². The van der Waals surface area contributed by atoms with Crippen LogP contribution in [0.1, 0.15) is 23.3 Å². The van der Waals surface area contributed by atoms with Gasteiger partial charge >= 0.3 is 6.03 Å². The van der Waals surface area contributed by atoms with Crippen LogP contribution in [0.25, 0.3) is 10.9 Å². The zero-order chi connectivity index (χ0) is 17.4. The number of rotatable bonds is 2. The molecule has 3 heterocycles. The highest BCUT2D eigenvalue weighted by atomic mass is 16.2. The topological polar surface area (TPSA) is 98.4 Å². The summed E-state index contributed by atoms with van der Waals surface area (Å²) < 4.78 is 0. The first-order valence-corrected chi connectivity index (χ1v) is 8.46. The lowest BCUT2D eigenvalue weighted by molar-refractivity contribution is 0.0626. The van der Waals surface area contributed by atoms with Gasteiger partial charge in [-0.05, 0) is 25.0 Å². The van der Waals surface area contributed by atoms with Gasteiger partial charge in [0.15, 0.2) is 5.69 Å². The molecule has 25 heavy (non-hydrogen) atoms. The van der Waals surface area contributed by atoms with Gasteiger partial charge in [0.2, 0.25) is 5.43 Å². The predicted octanol–water partition coefficient (Wildman–Crippen LogP) is 0.553. The van der Waals surface area contributed by atoms with E-state index in [0.29, 0.717) is 37.1 Å². The van der Waals surface area contributed by atoms with Crippen molar-refractivity contribution in [3.63, 3.8) is 0 Å². The molecule has 0 aliphatic carbocycles. The third kappa shape index (κ3) is 2.73. The van der Waals surface area contributed by atoms with Crippen LogP contribution in [0.15, 0.2) is 29.1 Å². The van der Waals surface area contributed by atoms with Gasteiger partial charge in [0.05, 0.1) is 11.6 Å². The van der Waals surface area contributed by atoms with Crippen molar-refractivity contribution in [2.24, 2.45) is 0 Å². The molecule has 2 aromatic rings. The number of urea groups is 1. The molecule has 1 unspecified atom stereocenters. The van der Waals surface area contributed by atoms with Crippen LogP contribution in [0.3, 0.4) is 0 Å². The van der Waals surface area contributed by atoms with Gasteiger partial charge < -0.3 is 15.1 Å². The van der Waals surface area contributed by atoms with E-state index in [2.05, 4.69) is 15.5 Å². The van der Waals surface area contributed by atoms with E-state index in [0.717, 1.165) is 12.8 Å². The van der Waals surface area contributed by atoms with E-state index in [4.69, 9.17) is 0 Å². The molecule has 4 rings (SSSR count). The minimum Gasteiger partial charge on any atom is -0.336 e. The third-order valence-electron chi connectivity index (χ3n) is 4.89. The summed E-state index contributed by atoms with van der Waals surface area (Å²) in [5.74, 6) is -0.378. The Labute approximate surface area is 143 Å². The normalized spacial score (nSPS) is 20.8. The molecule has 0 spiro atoms. The van der Waals surface area contributed by atoms with Gasteiger partial charge in [-0.15, -0.1) is 0 Å². The maximum absolute atomic E-state index is 12.8. The fourth-order valence-corrected chi connectivity index (χ4v) is 3.60. The molecule has 0 radical (unpaired) electrons. The Balaban J connectivity index is 1.59. The number of aromatic amines is 1. The number of piperidine rings is 1. The minimum atomic E-state index is -0.378. The minimum absolute atomic E-state index is 0.0141. The van der Waals surface area contributed by atoms with E-state index >= 15 is 0 Å². The first kappa shape index (κ1) is 15.6. The highest BCUT2D eigenvalue weighted by molar-refractivity contribution is 5.95. The molecule has 2 saturated heterocycles. The highest BCUT2D eigenvalue weighted by Gasteiger charge is 2.34. The number of aromatic nitrogens is 2. The molecule has 0 bridgehead atoms. The molecule has 3 amide bonds. The predicted molar refractivity (Wildman–Crippen MR) is 91.4 cm³/mol. The zero-order valence-corrected chi connectivity index (χ0v) is 13.7. The quantitative estimate of drug-likeness (QED) is 0.833. The zero-order valence-electron chi connectivity index (χ0n) is 13.7. The Morgan fingerprint density at radius 2 is 2.04 bits per heavy atom. The Kier molecular flexibility index (Phi) is 3.87. The van der Waals surface area contributed by atoms with Gasteiger partial charge in [-0.2, -0.15) is 5.10 Å². The summed E-state index contributed by atoms with van der Waals surface area (Å²) in [5.41, 5.74) is 0.153. The van der Waals surface area contributed by atoms with Gasteiger partial charge in [0.1, 0.15) is 0 Å².